The van der Waals surface area contributed by atoms with Gasteiger partial charge in [0.05, 0.1) is 18.7 Å². The zero-order chi connectivity index (χ0) is 23.1. The van der Waals surface area contributed by atoms with Crippen molar-refractivity contribution >= 4 is 34.1 Å². The summed E-state index contributed by atoms with van der Waals surface area (Å²) in [5.74, 6) is 0.167. The van der Waals surface area contributed by atoms with Crippen LogP contribution in [0.15, 0.2) is 48.5 Å². The van der Waals surface area contributed by atoms with Gasteiger partial charge in [0.1, 0.15) is 16.8 Å². The molecule has 10 heteroatoms. The van der Waals surface area contributed by atoms with Crippen molar-refractivity contribution in [3.8, 4) is 22.4 Å². The van der Waals surface area contributed by atoms with Crippen LogP contribution in [0.2, 0.25) is 0 Å². The van der Waals surface area contributed by atoms with Crippen LogP contribution in [-0.4, -0.2) is 35.3 Å². The number of hydrogen-bond donors (Lipinski definition) is 3. The zero-order valence-corrected chi connectivity index (χ0v) is 18.6. The zero-order valence-electron chi connectivity index (χ0n) is 17.7. The Bertz CT molecular complexity index is 1120. The number of rotatable bonds is 7. The molecule has 0 bridgehead atoms. The van der Waals surface area contributed by atoms with Gasteiger partial charge in [-0.3, -0.25) is 10.1 Å². The van der Waals surface area contributed by atoms with Crippen molar-refractivity contribution in [2.75, 3.05) is 17.7 Å². The number of anilines is 2. The molecule has 3 N–H and O–H groups in total. The van der Waals surface area contributed by atoms with E-state index < -0.39 is 18.0 Å². The van der Waals surface area contributed by atoms with Crippen LogP contribution in [0.1, 0.15) is 19.4 Å². The van der Waals surface area contributed by atoms with Gasteiger partial charge in [0.2, 0.25) is 11.0 Å². The first-order valence-corrected chi connectivity index (χ1v) is 10.6. The fourth-order valence-corrected chi connectivity index (χ4v) is 3.53. The van der Waals surface area contributed by atoms with E-state index in [1.54, 1.807) is 31.4 Å². The molecule has 0 aliphatic rings. The quantitative estimate of drug-likeness (QED) is 0.501. The molecule has 1 atom stereocenters. The molecule has 0 saturated carbocycles. The summed E-state index contributed by atoms with van der Waals surface area (Å²) in [6.45, 7) is 3.66. The summed E-state index contributed by atoms with van der Waals surface area (Å²) < 4.78 is 5.15. The Balaban J connectivity index is 1.62. The second-order valence-electron chi connectivity index (χ2n) is 7.14. The molecule has 1 heterocycles. The lowest BCUT2D eigenvalue weighted by Crippen LogP contribution is -2.48. The molecule has 32 heavy (non-hydrogen) atoms. The number of ether oxygens (including phenoxy) is 1. The molecule has 3 rings (SSSR count). The molecule has 0 spiro atoms. The molecule has 1 aromatic heterocycles. The molecular formula is C22H22N6O3S. The fraction of sp³-hybridized carbons (Fsp3) is 0.227. The van der Waals surface area contributed by atoms with E-state index in [9.17, 15) is 9.59 Å². The minimum Gasteiger partial charge on any atom is -0.497 e. The monoisotopic (exact) mass is 450 g/mol. The summed E-state index contributed by atoms with van der Waals surface area (Å²) in [7, 11) is 1.59. The molecule has 9 nitrogen and oxygen atoms in total. The Morgan fingerprint density at radius 1 is 1.03 bits per heavy atom. The predicted octanol–water partition coefficient (Wildman–Crippen LogP) is 3.87. The van der Waals surface area contributed by atoms with Crippen molar-refractivity contribution < 1.29 is 14.3 Å². The Kier molecular flexibility index (Phi) is 7.36. The highest BCUT2D eigenvalue weighted by Gasteiger charge is 2.25. The Labute approximate surface area is 189 Å². The van der Waals surface area contributed by atoms with Gasteiger partial charge < -0.3 is 15.4 Å². The topological polar surface area (TPSA) is 129 Å². The number of aromatic nitrogens is 2. The van der Waals surface area contributed by atoms with Gasteiger partial charge in [-0.05, 0) is 54.4 Å². The van der Waals surface area contributed by atoms with E-state index in [0.29, 0.717) is 21.4 Å². The maximum Gasteiger partial charge on any atom is 0.319 e. The van der Waals surface area contributed by atoms with Gasteiger partial charge in [-0.2, -0.15) is 5.26 Å². The van der Waals surface area contributed by atoms with Gasteiger partial charge in [0.25, 0.3) is 0 Å². The van der Waals surface area contributed by atoms with Gasteiger partial charge in [-0.1, -0.05) is 25.2 Å². The minimum atomic E-state index is -0.790. The highest BCUT2D eigenvalue weighted by molar-refractivity contribution is 7.18. The van der Waals surface area contributed by atoms with Crippen LogP contribution in [0.3, 0.4) is 0 Å². The average Bonchev–Trinajstić information content (AvgIpc) is 3.26. The fourth-order valence-electron chi connectivity index (χ4n) is 2.78. The highest BCUT2D eigenvalue weighted by atomic mass is 32.1. The van der Waals surface area contributed by atoms with Crippen molar-refractivity contribution in [1.82, 2.24) is 15.5 Å². The normalized spacial score (nSPS) is 11.3. The molecule has 0 radical (unpaired) electrons. The lowest BCUT2D eigenvalue weighted by atomic mass is 10.0. The summed E-state index contributed by atoms with van der Waals surface area (Å²) in [6, 6.07) is 14.5. The third kappa shape index (κ3) is 5.80. The summed E-state index contributed by atoms with van der Waals surface area (Å²) in [5.41, 5.74) is 1.85. The molecule has 164 valence electrons. The van der Waals surface area contributed by atoms with E-state index in [2.05, 4.69) is 26.1 Å². The maximum absolute atomic E-state index is 12.8. The number of amides is 3. The number of carbonyl (C=O) groups excluding carboxylic acids is 2. The van der Waals surface area contributed by atoms with E-state index in [1.807, 2.05) is 44.2 Å². The van der Waals surface area contributed by atoms with Crippen LogP contribution in [0.25, 0.3) is 10.6 Å². The molecule has 3 amide bonds. The van der Waals surface area contributed by atoms with Gasteiger partial charge in [-0.15, -0.1) is 10.2 Å². The molecule has 0 aliphatic carbocycles. The SMILES string of the molecule is COc1ccc(-c2nnc(NC(=O)C(NC(=O)Nc3ccc(C#N)cc3)C(C)C)s2)cc1. The van der Waals surface area contributed by atoms with Crippen LogP contribution < -0.4 is 20.7 Å². The van der Waals surface area contributed by atoms with Crippen LogP contribution in [0.5, 0.6) is 5.75 Å². The van der Waals surface area contributed by atoms with Crippen LogP contribution in [0, 0.1) is 17.2 Å². The largest absolute Gasteiger partial charge is 0.497 e. The number of nitrogens with one attached hydrogen (secondary N) is 3. The van der Waals surface area contributed by atoms with Crippen molar-refractivity contribution in [3.05, 3.63) is 54.1 Å². The van der Waals surface area contributed by atoms with Crippen molar-refractivity contribution in [3.63, 3.8) is 0 Å². The van der Waals surface area contributed by atoms with Gasteiger partial charge in [0.15, 0.2) is 0 Å². The van der Waals surface area contributed by atoms with Crippen molar-refractivity contribution in [2.24, 2.45) is 5.92 Å². The van der Waals surface area contributed by atoms with E-state index in [-0.39, 0.29) is 5.92 Å². The molecule has 2 aromatic carbocycles. The molecule has 3 aromatic rings. The molecule has 0 fully saturated rings. The number of methoxy groups -OCH3 is 1. The molecular weight excluding hydrogens is 428 g/mol. The third-order valence-corrected chi connectivity index (χ3v) is 5.39. The first-order valence-electron chi connectivity index (χ1n) is 9.76. The van der Waals surface area contributed by atoms with Crippen molar-refractivity contribution in [1.29, 1.82) is 5.26 Å². The van der Waals surface area contributed by atoms with Crippen molar-refractivity contribution in [2.45, 2.75) is 19.9 Å². The molecule has 0 saturated heterocycles. The van der Waals surface area contributed by atoms with Gasteiger partial charge in [0, 0.05) is 11.3 Å². The van der Waals surface area contributed by atoms with E-state index in [4.69, 9.17) is 10.00 Å². The second kappa shape index (κ2) is 10.4. The maximum atomic E-state index is 12.8. The minimum absolute atomic E-state index is 0.171. The van der Waals surface area contributed by atoms with Crippen LogP contribution in [-0.2, 0) is 4.79 Å². The summed E-state index contributed by atoms with van der Waals surface area (Å²) in [4.78, 5) is 25.2. The summed E-state index contributed by atoms with van der Waals surface area (Å²) >= 11 is 1.23. The van der Waals surface area contributed by atoms with Gasteiger partial charge in [-0.25, -0.2) is 4.79 Å². The number of nitrogens with zero attached hydrogens (tertiary/aromatic N) is 3. The standard InChI is InChI=1S/C22H22N6O3S/c1-13(2)18(25-21(30)24-16-8-4-14(12-23)5-9-16)19(29)26-22-28-27-20(32-22)15-6-10-17(31-3)11-7-15/h4-11,13,18H,1-3H3,(H2,24,25,30)(H,26,28,29). The third-order valence-electron chi connectivity index (χ3n) is 4.50. The number of hydrogen-bond acceptors (Lipinski definition) is 7. The van der Waals surface area contributed by atoms with E-state index in [1.165, 1.54) is 11.3 Å². The Hall–Kier alpha value is -3.97. The predicted molar refractivity (Wildman–Crippen MR) is 122 cm³/mol. The number of carbonyl (C=O) groups is 2. The van der Waals surface area contributed by atoms with E-state index >= 15 is 0 Å². The Morgan fingerprint density at radius 2 is 1.72 bits per heavy atom. The lowest BCUT2D eigenvalue weighted by molar-refractivity contribution is -0.118. The molecule has 1 unspecified atom stereocenters. The number of nitriles is 1. The van der Waals surface area contributed by atoms with Crippen LogP contribution in [0.4, 0.5) is 15.6 Å². The lowest BCUT2D eigenvalue weighted by Gasteiger charge is -2.21. The average molecular weight is 451 g/mol. The number of benzene rings is 2. The smallest absolute Gasteiger partial charge is 0.319 e. The number of urea groups is 1. The first-order chi connectivity index (χ1) is 15.4. The molecule has 0 aliphatic heterocycles. The van der Waals surface area contributed by atoms with Gasteiger partial charge >= 0.3 is 6.03 Å². The summed E-state index contributed by atoms with van der Waals surface area (Å²) in [5, 5.41) is 26.0. The van der Waals surface area contributed by atoms with Crippen LogP contribution >= 0.6 is 11.3 Å². The summed E-state index contributed by atoms with van der Waals surface area (Å²) in [6.07, 6.45) is 0. The highest BCUT2D eigenvalue weighted by Crippen LogP contribution is 2.28. The Morgan fingerprint density at radius 3 is 2.31 bits per heavy atom. The van der Waals surface area contributed by atoms with E-state index in [0.717, 1.165) is 11.3 Å². The first kappa shape index (κ1) is 22.7. The second-order valence-corrected chi connectivity index (χ2v) is 8.12.